The summed E-state index contributed by atoms with van der Waals surface area (Å²) in [6.45, 7) is 9.69. The fourth-order valence-corrected chi connectivity index (χ4v) is 3.87. The van der Waals surface area contributed by atoms with Crippen LogP contribution in [0.5, 0.6) is 0 Å². The highest BCUT2D eigenvalue weighted by Crippen LogP contribution is 2.30. The first kappa shape index (κ1) is 15.7. The van der Waals surface area contributed by atoms with E-state index in [9.17, 15) is 0 Å². The van der Waals surface area contributed by atoms with Crippen molar-refractivity contribution in [3.8, 4) is 10.6 Å². The van der Waals surface area contributed by atoms with Gasteiger partial charge in [-0.05, 0) is 18.8 Å². The van der Waals surface area contributed by atoms with E-state index in [-0.39, 0.29) is 5.41 Å². The lowest BCUT2D eigenvalue weighted by Gasteiger charge is -2.42. The Labute approximate surface area is 137 Å². The van der Waals surface area contributed by atoms with Crippen LogP contribution in [-0.2, 0) is 6.54 Å². The number of likely N-dealkylation sites (tertiary alicyclic amines) is 1. The molecule has 0 bridgehead atoms. The Bertz CT molecular complexity index is 630. The molecule has 1 atom stereocenters. The third kappa shape index (κ3) is 3.40. The summed E-state index contributed by atoms with van der Waals surface area (Å²) in [7, 11) is 0. The maximum Gasteiger partial charge on any atom is 0.123 e. The van der Waals surface area contributed by atoms with Gasteiger partial charge in [-0.2, -0.15) is 0 Å². The van der Waals surface area contributed by atoms with Gasteiger partial charge in [-0.1, -0.05) is 43.7 Å². The Morgan fingerprint density at radius 3 is 2.73 bits per heavy atom. The summed E-state index contributed by atoms with van der Waals surface area (Å²) >= 11 is 1.74. The Balaban J connectivity index is 1.68. The topological polar surface area (TPSA) is 42.2 Å². The van der Waals surface area contributed by atoms with Crippen molar-refractivity contribution in [2.24, 2.45) is 11.1 Å². The second-order valence-electron chi connectivity index (χ2n) is 7.10. The molecule has 4 heteroatoms. The monoisotopic (exact) mass is 315 g/mol. The molecule has 0 spiro atoms. The van der Waals surface area contributed by atoms with Crippen LogP contribution in [0.4, 0.5) is 0 Å². The van der Waals surface area contributed by atoms with E-state index >= 15 is 0 Å². The molecule has 3 rings (SSSR count). The van der Waals surface area contributed by atoms with Gasteiger partial charge in [0, 0.05) is 36.6 Å². The first-order valence-electron chi connectivity index (χ1n) is 7.93. The largest absolute Gasteiger partial charge is 0.327 e. The molecular formula is C18H25N3S. The van der Waals surface area contributed by atoms with Crippen molar-refractivity contribution in [1.29, 1.82) is 0 Å². The molecule has 0 amide bonds. The molecule has 1 unspecified atom stereocenters. The van der Waals surface area contributed by atoms with E-state index in [0.717, 1.165) is 31.1 Å². The van der Waals surface area contributed by atoms with E-state index in [1.54, 1.807) is 11.3 Å². The number of nitrogens with two attached hydrogens (primary N) is 1. The van der Waals surface area contributed by atoms with Gasteiger partial charge in [0.1, 0.15) is 5.01 Å². The average Bonchev–Trinajstić information content (AvgIpc) is 2.92. The number of hydrogen-bond acceptors (Lipinski definition) is 4. The lowest BCUT2D eigenvalue weighted by Crippen LogP contribution is -2.52. The van der Waals surface area contributed by atoms with Crippen molar-refractivity contribution in [2.75, 3.05) is 13.1 Å². The predicted octanol–water partition coefficient (Wildman–Crippen LogP) is 3.68. The average molecular weight is 315 g/mol. The molecule has 0 saturated carbocycles. The van der Waals surface area contributed by atoms with Gasteiger partial charge in [0.05, 0.1) is 5.69 Å². The summed E-state index contributed by atoms with van der Waals surface area (Å²) in [5.41, 5.74) is 10.1. The Hall–Kier alpha value is -1.23. The maximum absolute atomic E-state index is 6.22. The van der Waals surface area contributed by atoms with Crippen LogP contribution in [0, 0.1) is 12.3 Å². The number of benzene rings is 1. The molecule has 22 heavy (non-hydrogen) atoms. The van der Waals surface area contributed by atoms with Crippen LogP contribution in [0.3, 0.4) is 0 Å². The van der Waals surface area contributed by atoms with Crippen LogP contribution in [0.2, 0.25) is 0 Å². The van der Waals surface area contributed by atoms with Crippen molar-refractivity contribution in [3.05, 3.63) is 40.9 Å². The van der Waals surface area contributed by atoms with Crippen LogP contribution in [0.15, 0.2) is 29.6 Å². The highest BCUT2D eigenvalue weighted by atomic mass is 32.1. The number of thiazole rings is 1. The fourth-order valence-electron chi connectivity index (χ4n) is 3.06. The molecule has 0 radical (unpaired) electrons. The number of nitrogens with zero attached hydrogens (tertiary/aromatic N) is 2. The van der Waals surface area contributed by atoms with Crippen LogP contribution >= 0.6 is 11.3 Å². The Kier molecular flexibility index (Phi) is 4.35. The molecule has 1 aromatic carbocycles. The van der Waals surface area contributed by atoms with Crippen molar-refractivity contribution < 1.29 is 0 Å². The zero-order valence-corrected chi connectivity index (χ0v) is 14.5. The summed E-state index contributed by atoms with van der Waals surface area (Å²) in [5.74, 6) is 0. The summed E-state index contributed by atoms with van der Waals surface area (Å²) in [4.78, 5) is 7.30. The van der Waals surface area contributed by atoms with Gasteiger partial charge < -0.3 is 5.73 Å². The van der Waals surface area contributed by atoms with Gasteiger partial charge >= 0.3 is 0 Å². The third-order valence-electron chi connectivity index (χ3n) is 4.63. The van der Waals surface area contributed by atoms with Crippen molar-refractivity contribution in [2.45, 2.75) is 39.8 Å². The minimum absolute atomic E-state index is 0.189. The summed E-state index contributed by atoms with van der Waals surface area (Å²) in [6.07, 6.45) is 1.07. The first-order valence-corrected chi connectivity index (χ1v) is 8.81. The van der Waals surface area contributed by atoms with Gasteiger partial charge in [-0.3, -0.25) is 4.90 Å². The lowest BCUT2D eigenvalue weighted by atomic mass is 9.80. The molecule has 1 saturated heterocycles. The second kappa shape index (κ2) is 6.11. The Morgan fingerprint density at radius 1 is 1.32 bits per heavy atom. The van der Waals surface area contributed by atoms with Crippen molar-refractivity contribution in [1.82, 2.24) is 9.88 Å². The van der Waals surface area contributed by atoms with E-state index in [1.165, 1.54) is 16.8 Å². The van der Waals surface area contributed by atoms with Crippen LogP contribution < -0.4 is 5.73 Å². The molecule has 2 aromatic rings. The number of piperidine rings is 1. The van der Waals surface area contributed by atoms with Crippen molar-refractivity contribution in [3.63, 3.8) is 0 Å². The number of aromatic nitrogens is 1. The van der Waals surface area contributed by atoms with E-state index in [4.69, 9.17) is 10.7 Å². The zero-order valence-electron chi connectivity index (χ0n) is 13.7. The standard InChI is InChI=1S/C18H25N3S/c1-13-4-6-14(7-5-13)17-20-15(11-22-17)10-21-9-8-16(19)18(2,3)12-21/h4-7,11,16H,8-10,12,19H2,1-3H3. The smallest absolute Gasteiger partial charge is 0.123 e. The van der Waals surface area contributed by atoms with E-state index < -0.39 is 0 Å². The molecule has 1 aromatic heterocycles. The number of rotatable bonds is 3. The van der Waals surface area contributed by atoms with Crippen LogP contribution in [0.25, 0.3) is 10.6 Å². The van der Waals surface area contributed by atoms with Crippen LogP contribution in [0.1, 0.15) is 31.5 Å². The fraction of sp³-hybridized carbons (Fsp3) is 0.500. The van der Waals surface area contributed by atoms with Gasteiger partial charge in [0.25, 0.3) is 0 Å². The number of hydrogen-bond donors (Lipinski definition) is 1. The highest BCUT2D eigenvalue weighted by Gasteiger charge is 2.33. The summed E-state index contributed by atoms with van der Waals surface area (Å²) in [6, 6.07) is 8.90. The molecule has 1 aliphatic heterocycles. The molecule has 3 nitrogen and oxygen atoms in total. The van der Waals surface area contributed by atoms with Crippen molar-refractivity contribution >= 4 is 11.3 Å². The third-order valence-corrected chi connectivity index (χ3v) is 5.57. The summed E-state index contributed by atoms with van der Waals surface area (Å²) < 4.78 is 0. The van der Waals surface area contributed by atoms with E-state index in [1.807, 2.05) is 0 Å². The quantitative estimate of drug-likeness (QED) is 0.939. The highest BCUT2D eigenvalue weighted by molar-refractivity contribution is 7.13. The minimum atomic E-state index is 0.189. The van der Waals surface area contributed by atoms with Gasteiger partial charge in [-0.25, -0.2) is 4.98 Å². The van der Waals surface area contributed by atoms with Crippen LogP contribution in [-0.4, -0.2) is 29.0 Å². The molecule has 0 aliphatic carbocycles. The van der Waals surface area contributed by atoms with Gasteiger partial charge in [0.15, 0.2) is 0 Å². The number of aryl methyl sites for hydroxylation is 1. The molecular weight excluding hydrogens is 290 g/mol. The second-order valence-corrected chi connectivity index (χ2v) is 7.96. The predicted molar refractivity (Wildman–Crippen MR) is 93.9 cm³/mol. The maximum atomic E-state index is 6.22. The molecule has 1 aliphatic rings. The lowest BCUT2D eigenvalue weighted by molar-refractivity contribution is 0.0891. The Morgan fingerprint density at radius 2 is 2.05 bits per heavy atom. The van der Waals surface area contributed by atoms with Gasteiger partial charge in [0.2, 0.25) is 0 Å². The summed E-state index contributed by atoms with van der Waals surface area (Å²) in [5, 5.41) is 3.31. The first-order chi connectivity index (χ1) is 10.4. The molecule has 2 N–H and O–H groups in total. The zero-order chi connectivity index (χ0) is 15.7. The van der Waals surface area contributed by atoms with E-state index in [2.05, 4.69) is 55.3 Å². The van der Waals surface area contributed by atoms with E-state index in [0.29, 0.717) is 6.04 Å². The molecule has 118 valence electrons. The normalized spacial score (nSPS) is 21.9. The minimum Gasteiger partial charge on any atom is -0.327 e. The molecule has 1 fully saturated rings. The van der Waals surface area contributed by atoms with Gasteiger partial charge in [-0.15, -0.1) is 11.3 Å². The molecule has 2 heterocycles. The SMILES string of the molecule is Cc1ccc(-c2nc(CN3CCC(N)C(C)(C)C3)cs2)cc1.